The summed E-state index contributed by atoms with van der Waals surface area (Å²) in [6.45, 7) is 11.0. The van der Waals surface area contributed by atoms with Crippen molar-refractivity contribution < 1.29 is 4.79 Å². The van der Waals surface area contributed by atoms with Crippen LogP contribution in [0, 0.1) is 11.3 Å². The predicted molar refractivity (Wildman–Crippen MR) is 87.7 cm³/mol. The average Bonchev–Trinajstić information content (AvgIpc) is 2.79. The molecular weight excluding hydrogens is 268 g/mol. The number of nitrogen functional groups attached to an aromatic ring is 1. The zero-order valence-corrected chi connectivity index (χ0v) is 13.8. The molecule has 0 amide bonds. The van der Waals surface area contributed by atoms with Crippen molar-refractivity contribution in [1.29, 1.82) is 0 Å². The highest BCUT2D eigenvalue weighted by Crippen LogP contribution is 2.39. The third-order valence-corrected chi connectivity index (χ3v) is 5.61. The van der Waals surface area contributed by atoms with Gasteiger partial charge in [-0.1, -0.05) is 27.7 Å². The minimum Gasteiger partial charge on any atom is -0.397 e. The summed E-state index contributed by atoms with van der Waals surface area (Å²) < 4.78 is 0. The Morgan fingerprint density at radius 3 is 2.50 bits per heavy atom. The van der Waals surface area contributed by atoms with Gasteiger partial charge < -0.3 is 10.6 Å². The Bertz CT molecular complexity index is 479. The summed E-state index contributed by atoms with van der Waals surface area (Å²) in [5.74, 6) is 0.941. The first kappa shape index (κ1) is 15.4. The van der Waals surface area contributed by atoms with Gasteiger partial charge in [-0.15, -0.1) is 11.3 Å². The molecule has 3 nitrogen and oxygen atoms in total. The van der Waals surface area contributed by atoms with Gasteiger partial charge in [0.25, 0.3) is 0 Å². The number of rotatable bonds is 3. The second-order valence-corrected chi connectivity index (χ2v) is 7.80. The van der Waals surface area contributed by atoms with Crippen molar-refractivity contribution in [3.05, 3.63) is 10.9 Å². The molecule has 1 saturated heterocycles. The van der Waals surface area contributed by atoms with Gasteiger partial charge in [0.05, 0.1) is 15.6 Å². The quantitative estimate of drug-likeness (QED) is 0.850. The van der Waals surface area contributed by atoms with E-state index in [1.807, 2.05) is 13.0 Å². The van der Waals surface area contributed by atoms with Crippen LogP contribution in [-0.4, -0.2) is 18.9 Å². The molecule has 1 aliphatic heterocycles. The van der Waals surface area contributed by atoms with Crippen LogP contribution in [0.1, 0.15) is 56.6 Å². The minimum atomic E-state index is 0.156. The Hall–Kier alpha value is -1.03. The fourth-order valence-electron chi connectivity index (χ4n) is 2.89. The predicted octanol–water partition coefficient (Wildman–Crippen LogP) is 4.19. The molecule has 2 heterocycles. The van der Waals surface area contributed by atoms with Crippen molar-refractivity contribution >= 4 is 27.8 Å². The van der Waals surface area contributed by atoms with Gasteiger partial charge in [0.2, 0.25) is 0 Å². The molecule has 1 aliphatic rings. The second kappa shape index (κ2) is 5.76. The van der Waals surface area contributed by atoms with E-state index in [9.17, 15) is 4.79 Å². The number of piperidine rings is 1. The molecule has 0 radical (unpaired) electrons. The lowest BCUT2D eigenvalue weighted by molar-refractivity contribution is 0.0993. The minimum absolute atomic E-state index is 0.156. The van der Waals surface area contributed by atoms with Crippen LogP contribution in [0.25, 0.3) is 0 Å². The van der Waals surface area contributed by atoms with Crippen molar-refractivity contribution in [2.45, 2.75) is 47.0 Å². The van der Waals surface area contributed by atoms with E-state index in [0.29, 0.717) is 17.5 Å². The molecule has 0 aliphatic carbocycles. The number of nitrogens with two attached hydrogens (primary N) is 1. The van der Waals surface area contributed by atoms with E-state index < -0.39 is 0 Å². The average molecular weight is 294 g/mol. The summed E-state index contributed by atoms with van der Waals surface area (Å²) in [4.78, 5) is 14.9. The fraction of sp³-hybridized carbons (Fsp3) is 0.688. The maximum Gasteiger partial charge on any atom is 0.174 e. The summed E-state index contributed by atoms with van der Waals surface area (Å²) in [6, 6.07) is 1.98. The maximum atomic E-state index is 11.8. The van der Waals surface area contributed by atoms with Crippen molar-refractivity contribution in [2.75, 3.05) is 23.7 Å². The first-order chi connectivity index (χ1) is 9.32. The van der Waals surface area contributed by atoms with E-state index in [4.69, 9.17) is 5.73 Å². The lowest BCUT2D eigenvalue weighted by Gasteiger charge is -2.39. The largest absolute Gasteiger partial charge is 0.397 e. The first-order valence-corrected chi connectivity index (χ1v) is 8.32. The number of thiophene rings is 1. The lowest BCUT2D eigenvalue weighted by Crippen LogP contribution is -2.37. The van der Waals surface area contributed by atoms with Crippen LogP contribution in [0.4, 0.5) is 10.7 Å². The highest BCUT2D eigenvalue weighted by molar-refractivity contribution is 7.18. The maximum absolute atomic E-state index is 11.8. The van der Waals surface area contributed by atoms with Crippen LogP contribution in [-0.2, 0) is 0 Å². The SMILES string of the molecule is CCC(=O)c1sc(N2CCC(C(C)(C)C)CC2)cc1N. The summed E-state index contributed by atoms with van der Waals surface area (Å²) in [5.41, 5.74) is 7.02. The number of hydrogen-bond donors (Lipinski definition) is 1. The van der Waals surface area contributed by atoms with Gasteiger partial charge in [0, 0.05) is 19.5 Å². The Kier molecular flexibility index (Phi) is 4.43. The molecule has 2 rings (SSSR count). The topological polar surface area (TPSA) is 46.3 Å². The molecule has 0 spiro atoms. The number of ketones is 1. The standard InChI is InChI=1S/C16H26N2OS/c1-5-13(19)15-12(17)10-14(20-15)18-8-6-11(7-9-18)16(2,3)4/h10-11H,5-9,17H2,1-4H3. The Morgan fingerprint density at radius 1 is 1.40 bits per heavy atom. The van der Waals surface area contributed by atoms with Crippen molar-refractivity contribution in [2.24, 2.45) is 11.3 Å². The third-order valence-electron chi connectivity index (χ3n) is 4.35. The van der Waals surface area contributed by atoms with E-state index in [1.54, 1.807) is 11.3 Å². The molecule has 1 aromatic heterocycles. The smallest absolute Gasteiger partial charge is 0.174 e. The molecule has 1 fully saturated rings. The molecule has 0 atom stereocenters. The van der Waals surface area contributed by atoms with Gasteiger partial charge in [-0.25, -0.2) is 0 Å². The monoisotopic (exact) mass is 294 g/mol. The van der Waals surface area contributed by atoms with Gasteiger partial charge in [-0.2, -0.15) is 0 Å². The van der Waals surface area contributed by atoms with Crippen LogP contribution >= 0.6 is 11.3 Å². The van der Waals surface area contributed by atoms with Crippen LogP contribution in [0.15, 0.2) is 6.07 Å². The van der Waals surface area contributed by atoms with E-state index in [-0.39, 0.29) is 5.78 Å². The van der Waals surface area contributed by atoms with Crippen LogP contribution < -0.4 is 10.6 Å². The number of carbonyl (C=O) groups excluding carboxylic acids is 1. The van der Waals surface area contributed by atoms with E-state index >= 15 is 0 Å². The van der Waals surface area contributed by atoms with Gasteiger partial charge in [0.15, 0.2) is 5.78 Å². The summed E-state index contributed by atoms with van der Waals surface area (Å²) in [5, 5.41) is 1.16. The van der Waals surface area contributed by atoms with Crippen LogP contribution in [0.2, 0.25) is 0 Å². The molecule has 2 N–H and O–H groups in total. The number of carbonyl (C=O) groups is 1. The van der Waals surface area contributed by atoms with Crippen molar-refractivity contribution in [3.63, 3.8) is 0 Å². The first-order valence-electron chi connectivity index (χ1n) is 7.50. The molecular formula is C16H26N2OS. The normalized spacial score (nSPS) is 17.5. The molecule has 0 bridgehead atoms. The zero-order valence-electron chi connectivity index (χ0n) is 13.0. The second-order valence-electron chi connectivity index (χ2n) is 6.77. The number of hydrogen-bond acceptors (Lipinski definition) is 4. The molecule has 20 heavy (non-hydrogen) atoms. The number of Topliss-reactive ketones (excluding diaryl/α,β-unsaturated/α-hetero) is 1. The summed E-state index contributed by atoms with van der Waals surface area (Å²) in [6.07, 6.45) is 2.97. The zero-order chi connectivity index (χ0) is 14.9. The Morgan fingerprint density at radius 2 is 2.00 bits per heavy atom. The summed E-state index contributed by atoms with van der Waals surface area (Å²) >= 11 is 1.56. The Balaban J connectivity index is 2.06. The highest BCUT2D eigenvalue weighted by atomic mass is 32.1. The fourth-order valence-corrected chi connectivity index (χ4v) is 4.03. The van der Waals surface area contributed by atoms with Crippen molar-refractivity contribution in [3.8, 4) is 0 Å². The summed E-state index contributed by atoms with van der Waals surface area (Å²) in [7, 11) is 0. The number of anilines is 2. The van der Waals surface area contributed by atoms with E-state index in [2.05, 4.69) is 25.7 Å². The highest BCUT2D eigenvalue weighted by Gasteiger charge is 2.29. The lowest BCUT2D eigenvalue weighted by atomic mass is 9.75. The number of nitrogens with zero attached hydrogens (tertiary/aromatic N) is 1. The molecule has 4 heteroatoms. The third kappa shape index (κ3) is 3.17. The van der Waals surface area contributed by atoms with E-state index in [1.165, 1.54) is 12.8 Å². The Labute approximate surface area is 126 Å². The van der Waals surface area contributed by atoms with E-state index in [0.717, 1.165) is 28.9 Å². The van der Waals surface area contributed by atoms with Gasteiger partial charge in [-0.3, -0.25) is 4.79 Å². The van der Waals surface area contributed by atoms with Crippen LogP contribution in [0.3, 0.4) is 0 Å². The molecule has 0 unspecified atom stereocenters. The molecule has 0 saturated carbocycles. The van der Waals surface area contributed by atoms with Gasteiger partial charge in [0.1, 0.15) is 0 Å². The van der Waals surface area contributed by atoms with Crippen molar-refractivity contribution in [1.82, 2.24) is 0 Å². The van der Waals surface area contributed by atoms with Gasteiger partial charge in [-0.05, 0) is 30.2 Å². The van der Waals surface area contributed by atoms with Gasteiger partial charge >= 0.3 is 0 Å². The molecule has 112 valence electrons. The molecule has 0 aromatic carbocycles. The molecule has 1 aromatic rings. The van der Waals surface area contributed by atoms with Crippen LogP contribution in [0.5, 0.6) is 0 Å².